The molecule has 1 aromatic carbocycles. The van der Waals surface area contributed by atoms with Gasteiger partial charge >= 0.3 is 0 Å². The summed E-state index contributed by atoms with van der Waals surface area (Å²) < 4.78 is 5.61. The van der Waals surface area contributed by atoms with Crippen LogP contribution in [0.4, 0.5) is 0 Å². The molecule has 1 aromatic rings. The molecule has 0 aromatic heterocycles. The third kappa shape index (κ3) is 4.28. The number of hydrogen-bond donors (Lipinski definition) is 0. The molecule has 0 N–H and O–H groups in total. The van der Waals surface area contributed by atoms with Crippen LogP contribution in [-0.2, 0) is 6.42 Å². The van der Waals surface area contributed by atoms with Gasteiger partial charge in [-0.2, -0.15) is 0 Å². The molecular formula is C14H19ClO. The Hall–Kier alpha value is -0.950. The molecule has 0 saturated heterocycles. The first-order chi connectivity index (χ1) is 7.77. The minimum Gasteiger partial charge on any atom is -0.492 e. The van der Waals surface area contributed by atoms with Crippen LogP contribution in [0.15, 0.2) is 30.9 Å². The Morgan fingerprint density at radius 2 is 2.19 bits per heavy atom. The van der Waals surface area contributed by atoms with E-state index in [9.17, 15) is 0 Å². The van der Waals surface area contributed by atoms with Gasteiger partial charge in [0.05, 0.1) is 11.6 Å². The fourth-order valence-corrected chi connectivity index (χ4v) is 1.75. The summed E-state index contributed by atoms with van der Waals surface area (Å²) >= 11 is 6.12. The zero-order valence-corrected chi connectivity index (χ0v) is 10.6. The molecule has 0 aliphatic carbocycles. The first-order valence-electron chi connectivity index (χ1n) is 5.80. The fourth-order valence-electron chi connectivity index (χ4n) is 1.49. The van der Waals surface area contributed by atoms with Crippen LogP contribution in [0.3, 0.4) is 0 Å². The van der Waals surface area contributed by atoms with Crippen LogP contribution in [0.25, 0.3) is 0 Å². The molecule has 0 radical (unpaired) electrons. The zero-order chi connectivity index (χ0) is 11.8. The molecule has 0 unspecified atom stereocenters. The summed E-state index contributed by atoms with van der Waals surface area (Å²) in [5, 5.41) is 0.691. The molecule has 0 aliphatic heterocycles. The average molecular weight is 239 g/mol. The van der Waals surface area contributed by atoms with E-state index in [2.05, 4.69) is 13.5 Å². The van der Waals surface area contributed by atoms with E-state index >= 15 is 0 Å². The molecule has 0 fully saturated rings. The second-order valence-corrected chi connectivity index (χ2v) is 4.22. The Balaban J connectivity index is 2.50. The monoisotopic (exact) mass is 238 g/mol. The van der Waals surface area contributed by atoms with Gasteiger partial charge < -0.3 is 4.74 Å². The summed E-state index contributed by atoms with van der Waals surface area (Å²) in [6.45, 7) is 6.63. The number of unbranched alkanes of at least 4 members (excludes halogenated alkanes) is 2. The van der Waals surface area contributed by atoms with Crippen LogP contribution in [0.5, 0.6) is 5.75 Å². The third-order valence-corrected chi connectivity index (χ3v) is 2.68. The lowest BCUT2D eigenvalue weighted by Crippen LogP contribution is -1.97. The summed E-state index contributed by atoms with van der Waals surface area (Å²) in [5.74, 6) is 0.783. The van der Waals surface area contributed by atoms with Gasteiger partial charge in [-0.25, -0.2) is 0 Å². The summed E-state index contributed by atoms with van der Waals surface area (Å²) in [4.78, 5) is 0. The van der Waals surface area contributed by atoms with Gasteiger partial charge in [0.15, 0.2) is 0 Å². The van der Waals surface area contributed by atoms with Crippen molar-refractivity contribution in [2.75, 3.05) is 6.61 Å². The highest BCUT2D eigenvalue weighted by Gasteiger charge is 2.02. The highest BCUT2D eigenvalue weighted by atomic mass is 35.5. The molecule has 0 aliphatic rings. The third-order valence-electron chi connectivity index (χ3n) is 2.38. The van der Waals surface area contributed by atoms with Gasteiger partial charge in [-0.05, 0) is 30.5 Å². The molecule has 16 heavy (non-hydrogen) atoms. The van der Waals surface area contributed by atoms with Crippen LogP contribution in [0, 0.1) is 0 Å². The lowest BCUT2D eigenvalue weighted by atomic mass is 10.1. The van der Waals surface area contributed by atoms with Gasteiger partial charge in [0.2, 0.25) is 0 Å². The second-order valence-electron chi connectivity index (χ2n) is 3.81. The van der Waals surface area contributed by atoms with E-state index in [1.165, 1.54) is 18.4 Å². The number of halogens is 1. The fraction of sp³-hybridized carbons (Fsp3) is 0.429. The van der Waals surface area contributed by atoms with E-state index in [1.54, 1.807) is 0 Å². The molecule has 0 spiro atoms. The van der Waals surface area contributed by atoms with E-state index < -0.39 is 0 Å². The maximum Gasteiger partial charge on any atom is 0.137 e. The molecule has 0 bridgehead atoms. The van der Waals surface area contributed by atoms with Gasteiger partial charge in [0.25, 0.3) is 0 Å². The number of rotatable bonds is 7. The largest absolute Gasteiger partial charge is 0.492 e. The summed E-state index contributed by atoms with van der Waals surface area (Å²) in [6.07, 6.45) is 6.20. The Bertz CT molecular complexity index is 334. The minimum absolute atomic E-state index is 0.691. The van der Waals surface area contributed by atoms with Crippen LogP contribution in [0.1, 0.15) is 31.7 Å². The molecule has 0 amide bonds. The van der Waals surface area contributed by atoms with Crippen LogP contribution >= 0.6 is 11.6 Å². The van der Waals surface area contributed by atoms with Crippen molar-refractivity contribution in [3.63, 3.8) is 0 Å². The Morgan fingerprint density at radius 1 is 1.38 bits per heavy atom. The smallest absolute Gasteiger partial charge is 0.137 e. The van der Waals surface area contributed by atoms with Gasteiger partial charge in [0, 0.05) is 0 Å². The van der Waals surface area contributed by atoms with Crippen molar-refractivity contribution in [1.29, 1.82) is 0 Å². The quantitative estimate of drug-likeness (QED) is 0.497. The first-order valence-corrected chi connectivity index (χ1v) is 6.17. The highest BCUT2D eigenvalue weighted by Crippen LogP contribution is 2.25. The maximum atomic E-state index is 6.12. The van der Waals surface area contributed by atoms with Gasteiger partial charge in [0.1, 0.15) is 5.75 Å². The van der Waals surface area contributed by atoms with Gasteiger partial charge in [-0.3, -0.25) is 0 Å². The average Bonchev–Trinajstić information content (AvgIpc) is 2.27. The Labute approximate surface area is 103 Å². The summed E-state index contributed by atoms with van der Waals surface area (Å²) in [7, 11) is 0. The highest BCUT2D eigenvalue weighted by molar-refractivity contribution is 6.32. The first kappa shape index (κ1) is 13.1. The van der Waals surface area contributed by atoms with Crippen molar-refractivity contribution >= 4 is 11.6 Å². The van der Waals surface area contributed by atoms with Crippen molar-refractivity contribution in [2.45, 2.75) is 32.6 Å². The summed E-state index contributed by atoms with van der Waals surface area (Å²) in [5.41, 5.74) is 1.17. The van der Waals surface area contributed by atoms with Crippen molar-refractivity contribution < 1.29 is 4.74 Å². The lowest BCUT2D eigenvalue weighted by Gasteiger charge is -2.08. The molecular weight excluding hydrogens is 220 g/mol. The molecule has 1 nitrogen and oxygen atoms in total. The molecule has 0 saturated carbocycles. The van der Waals surface area contributed by atoms with E-state index in [0.29, 0.717) is 5.02 Å². The number of hydrogen-bond acceptors (Lipinski definition) is 1. The Kier molecular flexibility index (Phi) is 6.02. The number of benzene rings is 1. The number of ether oxygens (including phenoxy) is 1. The van der Waals surface area contributed by atoms with Gasteiger partial charge in [-0.15, -0.1) is 6.58 Å². The predicted octanol–water partition coefficient (Wildman–Crippen LogP) is 4.64. The topological polar surface area (TPSA) is 9.23 Å². The SMILES string of the molecule is C=CCc1ccc(OCCCCC)c(Cl)c1. The van der Waals surface area contributed by atoms with Crippen molar-refractivity contribution in [1.82, 2.24) is 0 Å². The predicted molar refractivity (Wildman–Crippen MR) is 70.4 cm³/mol. The van der Waals surface area contributed by atoms with E-state index in [-0.39, 0.29) is 0 Å². The Morgan fingerprint density at radius 3 is 2.81 bits per heavy atom. The standard InChI is InChI=1S/C14H19ClO/c1-3-5-6-10-16-14-9-8-12(7-4-2)11-13(14)15/h4,8-9,11H,2-3,5-7,10H2,1H3. The molecule has 2 heteroatoms. The molecule has 0 atom stereocenters. The molecule has 0 heterocycles. The van der Waals surface area contributed by atoms with Crippen molar-refractivity contribution in [3.05, 3.63) is 41.4 Å². The zero-order valence-electron chi connectivity index (χ0n) is 9.84. The molecule has 88 valence electrons. The van der Waals surface area contributed by atoms with Crippen molar-refractivity contribution in [2.24, 2.45) is 0 Å². The van der Waals surface area contributed by atoms with Crippen molar-refractivity contribution in [3.8, 4) is 5.75 Å². The lowest BCUT2D eigenvalue weighted by molar-refractivity contribution is 0.306. The van der Waals surface area contributed by atoms with Crippen LogP contribution in [-0.4, -0.2) is 6.61 Å². The van der Waals surface area contributed by atoms with Gasteiger partial charge in [-0.1, -0.05) is 43.5 Å². The normalized spacial score (nSPS) is 10.1. The minimum atomic E-state index is 0.691. The second kappa shape index (κ2) is 7.34. The van der Waals surface area contributed by atoms with Crippen LogP contribution in [0.2, 0.25) is 5.02 Å². The van der Waals surface area contributed by atoms with Crippen LogP contribution < -0.4 is 4.74 Å². The van der Waals surface area contributed by atoms with E-state index in [0.717, 1.165) is 25.2 Å². The maximum absolute atomic E-state index is 6.12. The number of allylic oxidation sites excluding steroid dienone is 1. The molecule has 1 rings (SSSR count). The van der Waals surface area contributed by atoms with E-state index in [4.69, 9.17) is 16.3 Å². The summed E-state index contributed by atoms with van der Waals surface area (Å²) in [6, 6.07) is 5.91. The van der Waals surface area contributed by atoms with E-state index in [1.807, 2.05) is 24.3 Å².